The smallest absolute Gasteiger partial charge is 0.248 e. The standard InChI is InChI=1S/C10H12ClNO/c1-6-7(2)9(10(12)13)4-3-8(6)5-11/h3-4H,5H2,1-2H3,(H2,12,13). The van der Waals surface area contributed by atoms with Gasteiger partial charge in [0.15, 0.2) is 0 Å². The van der Waals surface area contributed by atoms with Gasteiger partial charge in [0.05, 0.1) is 0 Å². The lowest BCUT2D eigenvalue weighted by Crippen LogP contribution is -2.13. The molecule has 1 amide bonds. The Kier molecular flexibility index (Phi) is 2.94. The van der Waals surface area contributed by atoms with E-state index in [2.05, 4.69) is 0 Å². The Balaban J connectivity index is 3.31. The summed E-state index contributed by atoms with van der Waals surface area (Å²) in [7, 11) is 0. The van der Waals surface area contributed by atoms with Gasteiger partial charge in [-0.3, -0.25) is 4.79 Å². The number of benzene rings is 1. The fraction of sp³-hybridized carbons (Fsp3) is 0.300. The van der Waals surface area contributed by atoms with Crippen molar-refractivity contribution in [2.75, 3.05) is 0 Å². The Morgan fingerprint density at radius 1 is 1.38 bits per heavy atom. The van der Waals surface area contributed by atoms with Crippen molar-refractivity contribution in [3.8, 4) is 0 Å². The van der Waals surface area contributed by atoms with Crippen LogP contribution in [0, 0.1) is 13.8 Å². The Labute approximate surface area is 82.7 Å². The van der Waals surface area contributed by atoms with Crippen molar-refractivity contribution in [1.82, 2.24) is 0 Å². The lowest BCUT2D eigenvalue weighted by Gasteiger charge is -2.08. The lowest BCUT2D eigenvalue weighted by atomic mass is 9.98. The Morgan fingerprint density at radius 3 is 2.46 bits per heavy atom. The average Bonchev–Trinajstić information content (AvgIpc) is 2.09. The zero-order valence-corrected chi connectivity index (χ0v) is 8.48. The van der Waals surface area contributed by atoms with Crippen LogP contribution >= 0.6 is 11.6 Å². The van der Waals surface area contributed by atoms with Crippen LogP contribution in [0.4, 0.5) is 0 Å². The van der Waals surface area contributed by atoms with Crippen molar-refractivity contribution in [3.63, 3.8) is 0 Å². The quantitative estimate of drug-likeness (QED) is 0.726. The van der Waals surface area contributed by atoms with Crippen molar-refractivity contribution in [1.29, 1.82) is 0 Å². The van der Waals surface area contributed by atoms with Crippen LogP contribution in [0.1, 0.15) is 27.0 Å². The van der Waals surface area contributed by atoms with Gasteiger partial charge in [0, 0.05) is 11.4 Å². The SMILES string of the molecule is Cc1c(CCl)ccc(C(N)=O)c1C. The molecule has 0 aliphatic heterocycles. The molecule has 0 aliphatic rings. The topological polar surface area (TPSA) is 43.1 Å². The maximum absolute atomic E-state index is 11.0. The third kappa shape index (κ3) is 1.83. The molecule has 13 heavy (non-hydrogen) atoms. The molecule has 1 aromatic carbocycles. The second-order valence-corrected chi connectivity index (χ2v) is 3.29. The third-order valence-electron chi connectivity index (χ3n) is 2.31. The van der Waals surface area contributed by atoms with E-state index >= 15 is 0 Å². The van der Waals surface area contributed by atoms with Crippen molar-refractivity contribution in [2.45, 2.75) is 19.7 Å². The molecule has 3 heteroatoms. The van der Waals surface area contributed by atoms with Gasteiger partial charge >= 0.3 is 0 Å². The highest BCUT2D eigenvalue weighted by atomic mass is 35.5. The number of hydrogen-bond donors (Lipinski definition) is 1. The van der Waals surface area contributed by atoms with E-state index in [1.54, 1.807) is 6.07 Å². The first kappa shape index (κ1) is 10.1. The van der Waals surface area contributed by atoms with Gasteiger partial charge in [0.25, 0.3) is 0 Å². The normalized spacial score (nSPS) is 10.1. The van der Waals surface area contributed by atoms with E-state index in [-0.39, 0.29) is 5.91 Å². The van der Waals surface area contributed by atoms with Gasteiger partial charge in [-0.25, -0.2) is 0 Å². The van der Waals surface area contributed by atoms with Gasteiger partial charge in [-0.1, -0.05) is 6.07 Å². The molecule has 0 heterocycles. The second-order valence-electron chi connectivity index (χ2n) is 3.02. The van der Waals surface area contributed by atoms with E-state index in [4.69, 9.17) is 17.3 Å². The van der Waals surface area contributed by atoms with Crippen LogP contribution in [-0.4, -0.2) is 5.91 Å². The largest absolute Gasteiger partial charge is 0.366 e. The molecule has 1 aromatic rings. The van der Waals surface area contributed by atoms with E-state index in [9.17, 15) is 4.79 Å². The highest BCUT2D eigenvalue weighted by Crippen LogP contribution is 2.18. The lowest BCUT2D eigenvalue weighted by molar-refractivity contribution is 0.0999. The number of alkyl halides is 1. The van der Waals surface area contributed by atoms with Crippen LogP contribution in [0.5, 0.6) is 0 Å². The molecular weight excluding hydrogens is 186 g/mol. The zero-order valence-electron chi connectivity index (χ0n) is 7.73. The fourth-order valence-electron chi connectivity index (χ4n) is 1.29. The van der Waals surface area contributed by atoms with Crippen LogP contribution in [0.2, 0.25) is 0 Å². The van der Waals surface area contributed by atoms with E-state index in [1.165, 1.54) is 0 Å². The molecule has 0 fully saturated rings. The molecule has 70 valence electrons. The average molecular weight is 198 g/mol. The van der Waals surface area contributed by atoms with Gasteiger partial charge in [0.2, 0.25) is 5.91 Å². The molecule has 0 radical (unpaired) electrons. The number of halogens is 1. The third-order valence-corrected chi connectivity index (χ3v) is 2.60. The molecule has 0 saturated carbocycles. The van der Waals surface area contributed by atoms with Crippen LogP contribution in [0.25, 0.3) is 0 Å². The minimum absolute atomic E-state index is 0.387. The summed E-state index contributed by atoms with van der Waals surface area (Å²) in [6, 6.07) is 3.57. The summed E-state index contributed by atoms with van der Waals surface area (Å²) in [6.45, 7) is 3.82. The van der Waals surface area contributed by atoms with Crippen molar-refractivity contribution < 1.29 is 4.79 Å². The number of carbonyl (C=O) groups is 1. The number of amides is 1. The molecule has 0 bridgehead atoms. The molecule has 2 N–H and O–H groups in total. The highest BCUT2D eigenvalue weighted by molar-refractivity contribution is 6.17. The summed E-state index contributed by atoms with van der Waals surface area (Å²) in [6.07, 6.45) is 0. The maximum atomic E-state index is 11.0. The molecule has 0 spiro atoms. The van der Waals surface area contributed by atoms with E-state index < -0.39 is 0 Å². The first-order valence-corrected chi connectivity index (χ1v) is 4.56. The maximum Gasteiger partial charge on any atom is 0.248 e. The van der Waals surface area contributed by atoms with Crippen molar-refractivity contribution >= 4 is 17.5 Å². The predicted molar refractivity (Wildman–Crippen MR) is 54.0 cm³/mol. The summed E-state index contributed by atoms with van der Waals surface area (Å²) >= 11 is 5.72. The molecule has 0 aliphatic carbocycles. The van der Waals surface area contributed by atoms with Crippen LogP contribution in [-0.2, 0) is 5.88 Å². The number of nitrogens with two attached hydrogens (primary N) is 1. The zero-order chi connectivity index (χ0) is 10.0. The van der Waals surface area contributed by atoms with E-state index in [0.29, 0.717) is 11.4 Å². The summed E-state index contributed by atoms with van der Waals surface area (Å²) in [5.74, 6) is 0.0767. The summed E-state index contributed by atoms with van der Waals surface area (Å²) in [5, 5.41) is 0. The van der Waals surface area contributed by atoms with E-state index in [0.717, 1.165) is 16.7 Å². The molecule has 0 aromatic heterocycles. The molecule has 0 saturated heterocycles. The molecule has 2 nitrogen and oxygen atoms in total. The first-order valence-electron chi connectivity index (χ1n) is 4.02. The Hall–Kier alpha value is -1.02. The second kappa shape index (κ2) is 3.79. The number of rotatable bonds is 2. The van der Waals surface area contributed by atoms with Crippen LogP contribution < -0.4 is 5.73 Å². The molecular formula is C10H12ClNO. The molecule has 1 rings (SSSR count). The van der Waals surface area contributed by atoms with Crippen molar-refractivity contribution in [3.05, 3.63) is 34.4 Å². The fourth-order valence-corrected chi connectivity index (χ4v) is 1.58. The monoisotopic (exact) mass is 197 g/mol. The minimum atomic E-state index is -0.387. The van der Waals surface area contributed by atoms with Gasteiger partial charge in [-0.05, 0) is 36.6 Å². The first-order chi connectivity index (χ1) is 6.07. The van der Waals surface area contributed by atoms with Gasteiger partial charge in [0.1, 0.15) is 0 Å². The predicted octanol–water partition coefficient (Wildman–Crippen LogP) is 2.14. The Morgan fingerprint density at radius 2 is 2.00 bits per heavy atom. The summed E-state index contributed by atoms with van der Waals surface area (Å²) in [4.78, 5) is 11.0. The van der Waals surface area contributed by atoms with Crippen molar-refractivity contribution in [2.24, 2.45) is 5.73 Å². The van der Waals surface area contributed by atoms with Crippen LogP contribution in [0.3, 0.4) is 0 Å². The van der Waals surface area contributed by atoms with Gasteiger partial charge < -0.3 is 5.73 Å². The molecule has 0 atom stereocenters. The number of carbonyl (C=O) groups excluding carboxylic acids is 1. The number of primary amides is 1. The summed E-state index contributed by atoms with van der Waals surface area (Å²) in [5.41, 5.74) is 8.79. The van der Waals surface area contributed by atoms with Gasteiger partial charge in [-0.2, -0.15) is 0 Å². The van der Waals surface area contributed by atoms with Crippen LogP contribution in [0.15, 0.2) is 12.1 Å². The highest BCUT2D eigenvalue weighted by Gasteiger charge is 2.08. The summed E-state index contributed by atoms with van der Waals surface area (Å²) < 4.78 is 0. The van der Waals surface area contributed by atoms with Gasteiger partial charge in [-0.15, -0.1) is 11.6 Å². The Bertz CT molecular complexity index is 347. The number of hydrogen-bond acceptors (Lipinski definition) is 1. The minimum Gasteiger partial charge on any atom is -0.366 e. The van der Waals surface area contributed by atoms with E-state index in [1.807, 2.05) is 19.9 Å². The molecule has 0 unspecified atom stereocenters.